The molecule has 1 aromatic rings. The summed E-state index contributed by atoms with van der Waals surface area (Å²) in [5, 5.41) is 2.54. The lowest BCUT2D eigenvalue weighted by molar-refractivity contribution is -0.125. The van der Waals surface area contributed by atoms with Gasteiger partial charge in [-0.1, -0.05) is 28.1 Å². The second kappa shape index (κ2) is 7.04. The molecular formula is C13H15BrN2O3. The second-order valence-electron chi connectivity index (χ2n) is 4.13. The zero-order valence-corrected chi connectivity index (χ0v) is 12.1. The minimum atomic E-state index is -0.637. The topological polar surface area (TPSA) is 89.3 Å². The van der Waals surface area contributed by atoms with Crippen LogP contribution >= 0.6 is 15.9 Å². The van der Waals surface area contributed by atoms with Crippen LogP contribution in [0, 0.1) is 0 Å². The minimum Gasteiger partial charge on any atom is -0.370 e. The summed E-state index contributed by atoms with van der Waals surface area (Å²) in [6.07, 6.45) is -0.0294. The van der Waals surface area contributed by atoms with E-state index in [1.807, 2.05) is 0 Å². The van der Waals surface area contributed by atoms with Crippen molar-refractivity contribution in [2.24, 2.45) is 5.73 Å². The van der Waals surface area contributed by atoms with E-state index in [0.717, 1.165) is 4.47 Å². The van der Waals surface area contributed by atoms with Crippen molar-refractivity contribution >= 4 is 33.5 Å². The first-order chi connectivity index (χ1) is 8.90. The van der Waals surface area contributed by atoms with E-state index in [2.05, 4.69) is 21.2 Å². The van der Waals surface area contributed by atoms with Crippen molar-refractivity contribution in [3.05, 3.63) is 34.3 Å². The summed E-state index contributed by atoms with van der Waals surface area (Å²) in [6, 6.07) is 6.24. The van der Waals surface area contributed by atoms with Gasteiger partial charge in [0.1, 0.15) is 0 Å². The maximum atomic E-state index is 12.0. The van der Waals surface area contributed by atoms with Crippen LogP contribution in [0.25, 0.3) is 0 Å². The van der Waals surface area contributed by atoms with Crippen LogP contribution in [0.3, 0.4) is 0 Å². The fraction of sp³-hybridized carbons (Fsp3) is 0.308. The van der Waals surface area contributed by atoms with E-state index in [-0.39, 0.29) is 24.5 Å². The largest absolute Gasteiger partial charge is 0.370 e. The Bertz CT molecular complexity index is 485. The van der Waals surface area contributed by atoms with E-state index in [1.54, 1.807) is 31.2 Å². The molecule has 0 aromatic heterocycles. The van der Waals surface area contributed by atoms with Gasteiger partial charge in [0.2, 0.25) is 11.8 Å². The van der Waals surface area contributed by atoms with Gasteiger partial charge >= 0.3 is 0 Å². The minimum absolute atomic E-state index is 0.00666. The number of carbonyl (C=O) groups excluding carboxylic acids is 3. The maximum Gasteiger partial charge on any atom is 0.221 e. The fourth-order valence-corrected chi connectivity index (χ4v) is 1.74. The van der Waals surface area contributed by atoms with Crippen molar-refractivity contribution < 1.29 is 14.4 Å². The first-order valence-corrected chi connectivity index (χ1v) is 6.57. The van der Waals surface area contributed by atoms with Crippen molar-refractivity contribution in [2.45, 2.75) is 25.8 Å². The molecule has 19 heavy (non-hydrogen) atoms. The van der Waals surface area contributed by atoms with E-state index in [1.165, 1.54) is 0 Å². The molecule has 0 aliphatic heterocycles. The standard InChI is InChI=1S/C13H15BrN2O3/c1-8(16-12(18)7-6-11(15)17)13(19)9-2-4-10(14)5-3-9/h2-5,8H,6-7H2,1H3,(H2,15,17)(H,16,18)/t8-/m0/s1. The summed E-state index contributed by atoms with van der Waals surface area (Å²) in [5.74, 6) is -1.08. The Morgan fingerprint density at radius 2 is 1.79 bits per heavy atom. The molecule has 0 aliphatic carbocycles. The Hall–Kier alpha value is -1.69. The van der Waals surface area contributed by atoms with Crippen LogP contribution in [0.15, 0.2) is 28.7 Å². The van der Waals surface area contributed by atoms with Crippen molar-refractivity contribution in [3.8, 4) is 0 Å². The number of Topliss-reactive ketones (excluding diaryl/α,β-unsaturated/α-hetero) is 1. The zero-order valence-electron chi connectivity index (χ0n) is 10.5. The molecule has 2 amide bonds. The predicted molar refractivity (Wildman–Crippen MR) is 74.5 cm³/mol. The molecule has 1 rings (SSSR count). The number of rotatable bonds is 6. The Labute approximate surface area is 119 Å². The summed E-state index contributed by atoms with van der Waals surface area (Å²) in [5.41, 5.74) is 5.47. The zero-order chi connectivity index (χ0) is 14.4. The monoisotopic (exact) mass is 326 g/mol. The first-order valence-electron chi connectivity index (χ1n) is 5.77. The molecule has 1 atom stereocenters. The third kappa shape index (κ3) is 5.21. The van der Waals surface area contributed by atoms with Gasteiger partial charge in [0.25, 0.3) is 0 Å². The molecule has 5 nitrogen and oxygen atoms in total. The van der Waals surface area contributed by atoms with Crippen LogP contribution in [0.1, 0.15) is 30.1 Å². The van der Waals surface area contributed by atoms with Crippen LogP contribution < -0.4 is 11.1 Å². The number of nitrogens with two attached hydrogens (primary N) is 1. The molecule has 0 saturated carbocycles. The number of benzene rings is 1. The quantitative estimate of drug-likeness (QED) is 0.774. The van der Waals surface area contributed by atoms with E-state index in [0.29, 0.717) is 5.56 Å². The summed E-state index contributed by atoms with van der Waals surface area (Å²) in [6.45, 7) is 1.60. The van der Waals surface area contributed by atoms with Gasteiger partial charge < -0.3 is 11.1 Å². The van der Waals surface area contributed by atoms with Gasteiger partial charge in [-0.3, -0.25) is 14.4 Å². The molecule has 1 aromatic carbocycles. The number of halogens is 1. The van der Waals surface area contributed by atoms with Gasteiger partial charge in [-0.25, -0.2) is 0 Å². The molecule has 0 spiro atoms. The number of ketones is 1. The molecule has 0 saturated heterocycles. The van der Waals surface area contributed by atoms with Gasteiger partial charge in [-0.15, -0.1) is 0 Å². The van der Waals surface area contributed by atoms with Crippen LogP contribution in [0.4, 0.5) is 0 Å². The highest BCUT2D eigenvalue weighted by atomic mass is 79.9. The molecule has 0 fully saturated rings. The van der Waals surface area contributed by atoms with E-state index < -0.39 is 11.9 Å². The van der Waals surface area contributed by atoms with E-state index in [9.17, 15) is 14.4 Å². The van der Waals surface area contributed by atoms with Crippen LogP contribution in [-0.2, 0) is 9.59 Å². The van der Waals surface area contributed by atoms with Gasteiger partial charge in [0.15, 0.2) is 5.78 Å². The molecule has 6 heteroatoms. The Kier molecular flexibility index (Phi) is 5.69. The third-order valence-corrected chi connectivity index (χ3v) is 3.03. The molecular weight excluding hydrogens is 312 g/mol. The highest BCUT2D eigenvalue weighted by molar-refractivity contribution is 9.10. The second-order valence-corrected chi connectivity index (χ2v) is 5.04. The Balaban J connectivity index is 2.55. The smallest absolute Gasteiger partial charge is 0.221 e. The first kappa shape index (κ1) is 15.4. The number of amides is 2. The van der Waals surface area contributed by atoms with Crippen LogP contribution in [0.5, 0.6) is 0 Å². The summed E-state index contributed by atoms with van der Waals surface area (Å²) in [4.78, 5) is 34.0. The SMILES string of the molecule is C[C@H](NC(=O)CCC(N)=O)C(=O)c1ccc(Br)cc1. The number of primary amides is 1. The third-order valence-electron chi connectivity index (χ3n) is 2.50. The van der Waals surface area contributed by atoms with Crippen molar-refractivity contribution in [3.63, 3.8) is 0 Å². The highest BCUT2D eigenvalue weighted by Gasteiger charge is 2.17. The lowest BCUT2D eigenvalue weighted by Crippen LogP contribution is -2.38. The summed E-state index contributed by atoms with van der Waals surface area (Å²) >= 11 is 3.28. The van der Waals surface area contributed by atoms with Gasteiger partial charge in [-0.2, -0.15) is 0 Å². The van der Waals surface area contributed by atoms with E-state index in [4.69, 9.17) is 5.73 Å². The average molecular weight is 327 g/mol. The Morgan fingerprint density at radius 3 is 2.32 bits per heavy atom. The summed E-state index contributed by atoms with van der Waals surface area (Å²) in [7, 11) is 0. The molecule has 102 valence electrons. The van der Waals surface area contributed by atoms with E-state index >= 15 is 0 Å². The van der Waals surface area contributed by atoms with Crippen molar-refractivity contribution in [2.75, 3.05) is 0 Å². The van der Waals surface area contributed by atoms with Crippen LogP contribution in [-0.4, -0.2) is 23.6 Å². The molecule has 0 bridgehead atoms. The molecule has 0 radical (unpaired) electrons. The fourth-order valence-electron chi connectivity index (χ4n) is 1.48. The lowest BCUT2D eigenvalue weighted by atomic mass is 10.1. The molecule has 0 aliphatic rings. The number of hydrogen-bond acceptors (Lipinski definition) is 3. The van der Waals surface area contributed by atoms with Gasteiger partial charge in [0.05, 0.1) is 6.04 Å². The maximum absolute atomic E-state index is 12.0. The normalized spacial score (nSPS) is 11.7. The predicted octanol–water partition coefficient (Wildman–Crippen LogP) is 1.40. The number of nitrogens with one attached hydrogen (secondary N) is 1. The Morgan fingerprint density at radius 1 is 1.21 bits per heavy atom. The molecule has 0 heterocycles. The van der Waals surface area contributed by atoms with Gasteiger partial charge in [0, 0.05) is 22.9 Å². The van der Waals surface area contributed by atoms with Crippen molar-refractivity contribution in [1.82, 2.24) is 5.32 Å². The van der Waals surface area contributed by atoms with Crippen LogP contribution in [0.2, 0.25) is 0 Å². The average Bonchev–Trinajstić information content (AvgIpc) is 2.36. The number of carbonyl (C=O) groups is 3. The summed E-state index contributed by atoms with van der Waals surface area (Å²) < 4.78 is 0.877. The highest BCUT2D eigenvalue weighted by Crippen LogP contribution is 2.12. The lowest BCUT2D eigenvalue weighted by Gasteiger charge is -2.12. The number of hydrogen-bond donors (Lipinski definition) is 2. The van der Waals surface area contributed by atoms with Gasteiger partial charge in [-0.05, 0) is 19.1 Å². The van der Waals surface area contributed by atoms with Crippen molar-refractivity contribution in [1.29, 1.82) is 0 Å². The molecule has 0 unspecified atom stereocenters. The molecule has 3 N–H and O–H groups in total.